The highest BCUT2D eigenvalue weighted by molar-refractivity contribution is 9.09. The van der Waals surface area contributed by atoms with Gasteiger partial charge in [-0.25, -0.2) is 4.39 Å². The Morgan fingerprint density at radius 1 is 1.35 bits per heavy atom. The number of rotatable bonds is 4. The molecule has 3 heteroatoms. The first-order valence-corrected chi connectivity index (χ1v) is 7.22. The average Bonchev–Trinajstić information content (AvgIpc) is 2.80. The highest BCUT2D eigenvalue weighted by Gasteiger charge is 2.33. The van der Waals surface area contributed by atoms with Gasteiger partial charge in [0.15, 0.2) is 0 Å². The van der Waals surface area contributed by atoms with E-state index in [4.69, 9.17) is 4.74 Å². The molecule has 0 radical (unpaired) electrons. The molecule has 0 aliphatic heterocycles. The summed E-state index contributed by atoms with van der Waals surface area (Å²) in [5.41, 5.74) is 0.912. The first kappa shape index (κ1) is 12.9. The summed E-state index contributed by atoms with van der Waals surface area (Å²) in [6, 6.07) is 5.08. The van der Waals surface area contributed by atoms with E-state index in [1.54, 1.807) is 13.0 Å². The Hall–Kier alpha value is -0.570. The SMILES string of the molecule is Cc1ccc(OCC2(CBr)CCCC2)cc1F. The van der Waals surface area contributed by atoms with Crippen LogP contribution in [0.15, 0.2) is 18.2 Å². The van der Waals surface area contributed by atoms with Crippen LogP contribution < -0.4 is 4.74 Å². The van der Waals surface area contributed by atoms with Gasteiger partial charge in [0.2, 0.25) is 0 Å². The maximum Gasteiger partial charge on any atom is 0.129 e. The third-order valence-electron chi connectivity index (χ3n) is 3.64. The third-order valence-corrected chi connectivity index (χ3v) is 4.83. The van der Waals surface area contributed by atoms with Crippen LogP contribution in [0.2, 0.25) is 0 Å². The van der Waals surface area contributed by atoms with Crippen molar-refractivity contribution in [2.75, 3.05) is 11.9 Å². The van der Waals surface area contributed by atoms with Crippen molar-refractivity contribution in [2.24, 2.45) is 5.41 Å². The Morgan fingerprint density at radius 2 is 2.06 bits per heavy atom. The van der Waals surface area contributed by atoms with Crippen LogP contribution in [0.25, 0.3) is 0 Å². The largest absolute Gasteiger partial charge is 0.493 e. The van der Waals surface area contributed by atoms with Crippen molar-refractivity contribution in [3.8, 4) is 5.75 Å². The van der Waals surface area contributed by atoms with Crippen molar-refractivity contribution in [2.45, 2.75) is 32.6 Å². The van der Waals surface area contributed by atoms with Crippen LogP contribution in [0.3, 0.4) is 0 Å². The van der Waals surface area contributed by atoms with Crippen LogP contribution in [-0.2, 0) is 0 Å². The van der Waals surface area contributed by atoms with Gasteiger partial charge in [0.1, 0.15) is 11.6 Å². The van der Waals surface area contributed by atoms with E-state index in [1.807, 2.05) is 6.07 Å². The second kappa shape index (κ2) is 5.38. The first-order chi connectivity index (χ1) is 8.15. The number of ether oxygens (including phenoxy) is 1. The average molecular weight is 301 g/mol. The number of hydrogen-bond acceptors (Lipinski definition) is 1. The summed E-state index contributed by atoms with van der Waals surface area (Å²) in [4.78, 5) is 0. The van der Waals surface area contributed by atoms with Crippen LogP contribution in [-0.4, -0.2) is 11.9 Å². The smallest absolute Gasteiger partial charge is 0.129 e. The van der Waals surface area contributed by atoms with Crippen LogP contribution in [0.4, 0.5) is 4.39 Å². The summed E-state index contributed by atoms with van der Waals surface area (Å²) in [5, 5.41) is 0.967. The van der Waals surface area contributed by atoms with Gasteiger partial charge in [-0.3, -0.25) is 0 Å². The van der Waals surface area contributed by atoms with Gasteiger partial charge in [0.25, 0.3) is 0 Å². The lowest BCUT2D eigenvalue weighted by Gasteiger charge is -2.26. The summed E-state index contributed by atoms with van der Waals surface area (Å²) >= 11 is 3.58. The molecule has 0 amide bonds. The molecule has 1 aliphatic carbocycles. The van der Waals surface area contributed by atoms with Gasteiger partial charge < -0.3 is 4.74 Å². The molecular weight excluding hydrogens is 283 g/mol. The Bertz CT molecular complexity index is 386. The Morgan fingerprint density at radius 3 is 2.65 bits per heavy atom. The molecule has 1 nitrogen and oxygen atoms in total. The number of aryl methyl sites for hydroxylation is 1. The number of halogens is 2. The number of alkyl halides is 1. The molecule has 0 spiro atoms. The minimum atomic E-state index is -0.193. The predicted octanol–water partition coefficient (Wildman–Crippen LogP) is 4.47. The summed E-state index contributed by atoms with van der Waals surface area (Å²) < 4.78 is 19.1. The van der Waals surface area contributed by atoms with Crippen molar-refractivity contribution in [3.63, 3.8) is 0 Å². The lowest BCUT2D eigenvalue weighted by Crippen LogP contribution is -2.27. The van der Waals surface area contributed by atoms with Crippen molar-refractivity contribution in [1.29, 1.82) is 0 Å². The zero-order valence-corrected chi connectivity index (χ0v) is 11.7. The molecule has 0 aromatic heterocycles. The van der Waals surface area contributed by atoms with Gasteiger partial charge in [0, 0.05) is 16.8 Å². The maximum absolute atomic E-state index is 13.4. The van der Waals surface area contributed by atoms with E-state index in [2.05, 4.69) is 15.9 Å². The van der Waals surface area contributed by atoms with Crippen molar-refractivity contribution in [1.82, 2.24) is 0 Å². The fourth-order valence-corrected chi connectivity index (χ4v) is 3.06. The third kappa shape index (κ3) is 3.01. The summed E-state index contributed by atoms with van der Waals surface area (Å²) in [5.74, 6) is 0.446. The Balaban J connectivity index is 1.99. The van der Waals surface area contributed by atoms with Crippen LogP contribution in [0.1, 0.15) is 31.2 Å². The molecule has 17 heavy (non-hydrogen) atoms. The number of hydrogen-bond donors (Lipinski definition) is 0. The van der Waals surface area contributed by atoms with E-state index in [-0.39, 0.29) is 11.2 Å². The van der Waals surface area contributed by atoms with Gasteiger partial charge in [0.05, 0.1) is 6.61 Å². The molecule has 0 saturated heterocycles. The van der Waals surface area contributed by atoms with Gasteiger partial charge in [-0.1, -0.05) is 34.8 Å². The quantitative estimate of drug-likeness (QED) is 0.746. The van der Waals surface area contributed by atoms with Crippen molar-refractivity contribution >= 4 is 15.9 Å². The molecule has 0 N–H and O–H groups in total. The molecule has 2 rings (SSSR count). The van der Waals surface area contributed by atoms with Crippen LogP contribution in [0, 0.1) is 18.2 Å². The van der Waals surface area contributed by atoms with Gasteiger partial charge >= 0.3 is 0 Å². The predicted molar refractivity (Wildman–Crippen MR) is 71.3 cm³/mol. The van der Waals surface area contributed by atoms with E-state index in [0.717, 1.165) is 5.33 Å². The van der Waals surface area contributed by atoms with Gasteiger partial charge in [-0.15, -0.1) is 0 Å². The fourth-order valence-electron chi connectivity index (χ4n) is 2.34. The van der Waals surface area contributed by atoms with E-state index >= 15 is 0 Å². The minimum Gasteiger partial charge on any atom is -0.493 e. The molecule has 94 valence electrons. The molecule has 1 aliphatic rings. The van der Waals surface area contributed by atoms with Crippen LogP contribution in [0.5, 0.6) is 5.75 Å². The topological polar surface area (TPSA) is 9.23 Å². The molecule has 0 atom stereocenters. The van der Waals surface area contributed by atoms with E-state index in [0.29, 0.717) is 17.9 Å². The maximum atomic E-state index is 13.4. The zero-order valence-electron chi connectivity index (χ0n) is 10.1. The molecular formula is C14H18BrFO. The molecule has 0 bridgehead atoms. The standard InChI is InChI=1S/C14H18BrFO/c1-11-4-5-12(8-13(11)16)17-10-14(9-15)6-2-3-7-14/h4-5,8H,2-3,6-7,9-10H2,1H3. The Kier molecular flexibility index (Phi) is 4.08. The highest BCUT2D eigenvalue weighted by atomic mass is 79.9. The Labute approximate surface area is 110 Å². The zero-order chi connectivity index (χ0) is 12.3. The molecule has 1 aromatic carbocycles. The summed E-state index contributed by atoms with van der Waals surface area (Å²) in [6.07, 6.45) is 4.95. The summed E-state index contributed by atoms with van der Waals surface area (Å²) in [6.45, 7) is 2.44. The molecule has 0 unspecified atom stereocenters. The van der Waals surface area contributed by atoms with Crippen molar-refractivity contribution < 1.29 is 9.13 Å². The highest BCUT2D eigenvalue weighted by Crippen LogP contribution is 2.40. The van der Waals surface area contributed by atoms with Gasteiger partial charge in [-0.05, 0) is 31.4 Å². The van der Waals surface area contributed by atoms with E-state index < -0.39 is 0 Å². The first-order valence-electron chi connectivity index (χ1n) is 6.10. The van der Waals surface area contributed by atoms with E-state index in [9.17, 15) is 4.39 Å². The second-order valence-electron chi connectivity index (χ2n) is 5.04. The summed E-state index contributed by atoms with van der Waals surface area (Å²) in [7, 11) is 0. The second-order valence-corrected chi connectivity index (χ2v) is 5.60. The minimum absolute atomic E-state index is 0.193. The molecule has 1 saturated carbocycles. The number of benzene rings is 1. The van der Waals surface area contributed by atoms with Crippen LogP contribution >= 0.6 is 15.9 Å². The monoisotopic (exact) mass is 300 g/mol. The van der Waals surface area contributed by atoms with Gasteiger partial charge in [-0.2, -0.15) is 0 Å². The normalized spacial score (nSPS) is 18.3. The molecule has 1 fully saturated rings. The fraction of sp³-hybridized carbons (Fsp3) is 0.571. The molecule has 1 aromatic rings. The lowest BCUT2D eigenvalue weighted by atomic mass is 9.90. The van der Waals surface area contributed by atoms with E-state index in [1.165, 1.54) is 31.7 Å². The molecule has 0 heterocycles. The van der Waals surface area contributed by atoms with Crippen molar-refractivity contribution in [3.05, 3.63) is 29.6 Å². The lowest BCUT2D eigenvalue weighted by molar-refractivity contribution is 0.173.